The van der Waals surface area contributed by atoms with Gasteiger partial charge in [0, 0.05) is 16.1 Å². The maximum Gasteiger partial charge on any atom is 0.269 e. The molecule has 0 aliphatic rings. The predicted octanol–water partition coefficient (Wildman–Crippen LogP) is 4.45. The maximum atomic E-state index is 12.4. The first-order valence-electron chi connectivity index (χ1n) is 10.1. The van der Waals surface area contributed by atoms with Gasteiger partial charge in [-0.25, -0.2) is 0 Å². The highest BCUT2D eigenvalue weighted by atomic mass is 35.5. The Bertz CT molecular complexity index is 1280. The summed E-state index contributed by atoms with van der Waals surface area (Å²) in [4.78, 5) is 24.5. The number of thioether (sulfide) groups is 1. The average Bonchev–Trinajstić information content (AvgIpc) is 3.26. The molecule has 4 aromatic rings. The van der Waals surface area contributed by atoms with Crippen molar-refractivity contribution in [2.24, 2.45) is 0 Å². The van der Waals surface area contributed by atoms with Crippen molar-refractivity contribution in [1.29, 1.82) is 0 Å². The number of rotatable bonds is 6. The fourth-order valence-electron chi connectivity index (χ4n) is 3.14. The molecule has 9 heteroatoms. The molecule has 4 rings (SSSR count). The number of nitrogens with zero attached hydrogens (tertiary/aromatic N) is 3. The van der Waals surface area contributed by atoms with Gasteiger partial charge in [-0.15, -0.1) is 10.2 Å². The van der Waals surface area contributed by atoms with Crippen LogP contribution in [0.3, 0.4) is 0 Å². The molecule has 2 amide bonds. The second kappa shape index (κ2) is 10.3. The normalized spacial score (nSPS) is 10.6. The number of carbonyl (C=O) groups excluding carboxylic acids is 2. The Labute approximate surface area is 200 Å². The molecule has 0 radical (unpaired) electrons. The lowest BCUT2D eigenvalue weighted by Crippen LogP contribution is -2.42. The summed E-state index contributed by atoms with van der Waals surface area (Å²) in [6, 6.07) is 23.9. The summed E-state index contributed by atoms with van der Waals surface area (Å²) < 4.78 is 1.92. The van der Waals surface area contributed by atoms with Crippen molar-refractivity contribution in [3.63, 3.8) is 0 Å². The summed E-state index contributed by atoms with van der Waals surface area (Å²) >= 11 is 7.27. The summed E-state index contributed by atoms with van der Waals surface area (Å²) in [5.41, 5.74) is 8.11. The minimum absolute atomic E-state index is 0.0414. The van der Waals surface area contributed by atoms with E-state index >= 15 is 0 Å². The van der Waals surface area contributed by atoms with E-state index in [0.717, 1.165) is 16.8 Å². The summed E-state index contributed by atoms with van der Waals surface area (Å²) in [7, 11) is 0. The minimum atomic E-state index is -0.387. The number of amides is 2. The first-order valence-corrected chi connectivity index (χ1v) is 11.4. The van der Waals surface area contributed by atoms with Gasteiger partial charge in [0.15, 0.2) is 11.0 Å². The van der Waals surface area contributed by atoms with E-state index in [9.17, 15) is 9.59 Å². The first-order chi connectivity index (χ1) is 16.0. The predicted molar refractivity (Wildman–Crippen MR) is 129 cm³/mol. The zero-order valence-electron chi connectivity index (χ0n) is 17.7. The smallest absolute Gasteiger partial charge is 0.269 e. The topological polar surface area (TPSA) is 88.9 Å². The van der Waals surface area contributed by atoms with Gasteiger partial charge < -0.3 is 0 Å². The second-order valence-electron chi connectivity index (χ2n) is 7.09. The number of para-hydroxylation sites is 1. The number of carbonyl (C=O) groups is 2. The van der Waals surface area contributed by atoms with Crippen molar-refractivity contribution in [2.45, 2.75) is 12.1 Å². The van der Waals surface area contributed by atoms with Gasteiger partial charge in [0.25, 0.3) is 5.91 Å². The van der Waals surface area contributed by atoms with Gasteiger partial charge in [-0.05, 0) is 55.0 Å². The fraction of sp³-hybridized carbons (Fsp3) is 0.0833. The number of benzene rings is 3. The zero-order valence-corrected chi connectivity index (χ0v) is 19.2. The van der Waals surface area contributed by atoms with Crippen LogP contribution in [0.4, 0.5) is 0 Å². The average molecular weight is 478 g/mol. The molecule has 33 heavy (non-hydrogen) atoms. The van der Waals surface area contributed by atoms with Crippen molar-refractivity contribution < 1.29 is 9.59 Å². The molecule has 0 bridgehead atoms. The quantitative estimate of drug-likeness (QED) is 0.316. The number of aryl methyl sites for hydroxylation is 1. The second-order valence-corrected chi connectivity index (χ2v) is 8.47. The number of hydrazine groups is 1. The molecular weight excluding hydrogens is 458 g/mol. The van der Waals surface area contributed by atoms with Crippen LogP contribution < -0.4 is 10.9 Å². The van der Waals surface area contributed by atoms with Crippen molar-refractivity contribution >= 4 is 35.2 Å². The fourth-order valence-corrected chi connectivity index (χ4v) is 4.01. The standard InChI is InChI=1S/C24H20ClN5O2S/c1-16-7-5-6-10-20(16)30-22(17-11-13-19(25)14-12-17)27-29-24(30)33-15-21(31)26-28-23(32)18-8-3-2-4-9-18/h2-14H,15H2,1H3,(H,26,31)(H,28,32). The van der Waals surface area contributed by atoms with E-state index in [2.05, 4.69) is 21.0 Å². The lowest BCUT2D eigenvalue weighted by atomic mass is 10.1. The van der Waals surface area contributed by atoms with E-state index in [0.29, 0.717) is 21.6 Å². The van der Waals surface area contributed by atoms with Gasteiger partial charge in [-0.3, -0.25) is 25.0 Å². The van der Waals surface area contributed by atoms with Crippen LogP contribution in [0.5, 0.6) is 0 Å². The van der Waals surface area contributed by atoms with Crippen LogP contribution in [0.25, 0.3) is 17.1 Å². The SMILES string of the molecule is Cc1ccccc1-n1c(SCC(=O)NNC(=O)c2ccccc2)nnc1-c1ccc(Cl)cc1. The number of halogens is 1. The Morgan fingerprint density at radius 1 is 0.909 bits per heavy atom. The van der Waals surface area contributed by atoms with E-state index in [4.69, 9.17) is 11.6 Å². The van der Waals surface area contributed by atoms with E-state index in [1.54, 1.807) is 36.4 Å². The lowest BCUT2D eigenvalue weighted by molar-refractivity contribution is -0.119. The number of aromatic nitrogens is 3. The highest BCUT2D eigenvalue weighted by Crippen LogP contribution is 2.30. The number of nitrogens with one attached hydrogen (secondary N) is 2. The Kier molecular flexibility index (Phi) is 7.07. The van der Waals surface area contributed by atoms with Crippen LogP contribution in [0, 0.1) is 6.92 Å². The van der Waals surface area contributed by atoms with Crippen LogP contribution in [0.1, 0.15) is 15.9 Å². The third-order valence-corrected chi connectivity index (χ3v) is 5.96. The molecule has 0 saturated heterocycles. The van der Waals surface area contributed by atoms with Crippen LogP contribution in [0.15, 0.2) is 84.0 Å². The minimum Gasteiger partial charge on any atom is -0.272 e. The highest BCUT2D eigenvalue weighted by Gasteiger charge is 2.18. The van der Waals surface area contributed by atoms with Crippen LogP contribution in [-0.4, -0.2) is 32.3 Å². The molecule has 0 aliphatic heterocycles. The molecule has 0 aliphatic carbocycles. The van der Waals surface area contributed by atoms with E-state index in [1.807, 2.05) is 54.0 Å². The maximum absolute atomic E-state index is 12.4. The van der Waals surface area contributed by atoms with Crippen molar-refractivity contribution in [1.82, 2.24) is 25.6 Å². The summed E-state index contributed by atoms with van der Waals surface area (Å²) in [6.07, 6.45) is 0. The summed E-state index contributed by atoms with van der Waals surface area (Å²) in [6.45, 7) is 2.00. The largest absolute Gasteiger partial charge is 0.272 e. The highest BCUT2D eigenvalue weighted by molar-refractivity contribution is 7.99. The van der Waals surface area contributed by atoms with E-state index < -0.39 is 0 Å². The third kappa shape index (κ3) is 5.42. The number of hydrogen-bond donors (Lipinski definition) is 2. The number of hydrogen-bond acceptors (Lipinski definition) is 5. The Morgan fingerprint density at radius 3 is 2.33 bits per heavy atom. The summed E-state index contributed by atoms with van der Waals surface area (Å²) in [5, 5.41) is 9.88. The van der Waals surface area contributed by atoms with Crippen LogP contribution in [-0.2, 0) is 4.79 Å². The van der Waals surface area contributed by atoms with Crippen molar-refractivity contribution in [3.8, 4) is 17.1 Å². The third-order valence-electron chi connectivity index (χ3n) is 4.78. The van der Waals surface area contributed by atoms with Gasteiger partial charge in [-0.1, -0.05) is 59.8 Å². The molecule has 3 aromatic carbocycles. The molecular formula is C24H20ClN5O2S. The van der Waals surface area contributed by atoms with Gasteiger partial charge in [-0.2, -0.15) is 0 Å². The Hall–Kier alpha value is -3.62. The van der Waals surface area contributed by atoms with Gasteiger partial charge >= 0.3 is 0 Å². The van der Waals surface area contributed by atoms with Gasteiger partial charge in [0.1, 0.15) is 0 Å². The summed E-state index contributed by atoms with van der Waals surface area (Å²) in [5.74, 6) is -0.0698. The monoisotopic (exact) mass is 477 g/mol. The lowest BCUT2D eigenvalue weighted by Gasteiger charge is -2.13. The van der Waals surface area contributed by atoms with E-state index in [-0.39, 0.29) is 17.6 Å². The Balaban J connectivity index is 1.52. The molecule has 1 heterocycles. The molecule has 0 unspecified atom stereocenters. The molecule has 7 nitrogen and oxygen atoms in total. The first kappa shape index (κ1) is 22.6. The molecule has 0 saturated carbocycles. The molecule has 166 valence electrons. The molecule has 1 aromatic heterocycles. The van der Waals surface area contributed by atoms with Gasteiger partial charge in [0.05, 0.1) is 11.4 Å². The van der Waals surface area contributed by atoms with Crippen LogP contribution in [0.2, 0.25) is 5.02 Å². The molecule has 0 atom stereocenters. The molecule has 0 spiro atoms. The molecule has 2 N–H and O–H groups in total. The van der Waals surface area contributed by atoms with Crippen molar-refractivity contribution in [3.05, 3.63) is 95.0 Å². The molecule has 0 fully saturated rings. The van der Waals surface area contributed by atoms with Crippen molar-refractivity contribution in [2.75, 3.05) is 5.75 Å². The Morgan fingerprint density at radius 2 is 1.61 bits per heavy atom. The zero-order chi connectivity index (χ0) is 23.2. The van der Waals surface area contributed by atoms with Crippen LogP contribution >= 0.6 is 23.4 Å². The van der Waals surface area contributed by atoms with E-state index in [1.165, 1.54) is 11.8 Å². The van der Waals surface area contributed by atoms with Gasteiger partial charge in [0.2, 0.25) is 5.91 Å².